The summed E-state index contributed by atoms with van der Waals surface area (Å²) < 4.78 is 27.9. The smallest absolute Gasteiger partial charge is 0.264 e. The molecule has 0 fully saturated rings. The number of hydrogen-bond donors (Lipinski definition) is 1. The van der Waals surface area contributed by atoms with Crippen LogP contribution in [0.25, 0.3) is 0 Å². The molecule has 1 amide bonds. The van der Waals surface area contributed by atoms with Crippen molar-refractivity contribution in [1.29, 1.82) is 0 Å². The molecule has 0 spiro atoms. The first-order valence-electron chi connectivity index (χ1n) is 10.7. The number of sulfonamides is 1. The second kappa shape index (κ2) is 12.5. The Morgan fingerprint density at radius 1 is 1.00 bits per heavy atom. The monoisotopic (exact) mass is 536 g/mol. The van der Waals surface area contributed by atoms with Crippen LogP contribution >= 0.6 is 35.0 Å². The number of halogens is 2. The Bertz CT molecular complexity index is 1220. The first-order valence-corrected chi connectivity index (χ1v) is 14.1. The number of amides is 1. The average molecular weight is 538 g/mol. The first kappa shape index (κ1) is 26.4. The lowest BCUT2D eigenvalue weighted by Gasteiger charge is -2.25. The largest absolute Gasteiger partial charge is 0.354 e. The maximum Gasteiger partial charge on any atom is 0.264 e. The van der Waals surface area contributed by atoms with E-state index in [-0.39, 0.29) is 17.3 Å². The summed E-state index contributed by atoms with van der Waals surface area (Å²) in [7, 11) is -3.97. The van der Waals surface area contributed by atoms with Gasteiger partial charge in [-0.2, -0.15) is 11.8 Å². The van der Waals surface area contributed by atoms with E-state index in [0.717, 1.165) is 32.8 Å². The number of carbonyl (C=O) groups excluding carboxylic acids is 1. The van der Waals surface area contributed by atoms with Gasteiger partial charge in [0.05, 0.1) is 10.6 Å². The Morgan fingerprint density at radius 3 is 2.44 bits per heavy atom. The molecule has 0 aliphatic heterocycles. The standard InChI is InChI=1S/C25H26Cl2N2O3S2/c1-19-12-13-21(26)16-24(19)29(34(31,32)22-9-3-2-4-10-22)17-25(30)28-14-7-15-33-18-20-8-5-6-11-23(20)27/h2-6,8-13,16H,7,14-15,17-18H2,1H3,(H,28,30). The van der Waals surface area contributed by atoms with Crippen LogP contribution in [0.3, 0.4) is 0 Å². The van der Waals surface area contributed by atoms with Crippen LogP contribution in [0.2, 0.25) is 10.0 Å². The summed E-state index contributed by atoms with van der Waals surface area (Å²) in [6, 6.07) is 20.8. The Morgan fingerprint density at radius 2 is 1.71 bits per heavy atom. The Kier molecular flexibility index (Phi) is 9.71. The van der Waals surface area contributed by atoms with Crippen LogP contribution in [0, 0.1) is 6.92 Å². The zero-order valence-electron chi connectivity index (χ0n) is 18.7. The van der Waals surface area contributed by atoms with E-state index in [9.17, 15) is 13.2 Å². The Labute approximate surface area is 215 Å². The van der Waals surface area contributed by atoms with Crippen molar-refractivity contribution in [2.75, 3.05) is 23.1 Å². The molecule has 0 saturated heterocycles. The van der Waals surface area contributed by atoms with Gasteiger partial charge in [-0.3, -0.25) is 9.10 Å². The van der Waals surface area contributed by atoms with E-state index in [2.05, 4.69) is 5.32 Å². The predicted molar refractivity (Wildman–Crippen MR) is 142 cm³/mol. The number of carbonyl (C=O) groups is 1. The number of hydrogen-bond acceptors (Lipinski definition) is 4. The summed E-state index contributed by atoms with van der Waals surface area (Å²) in [5.41, 5.74) is 2.16. The fourth-order valence-electron chi connectivity index (χ4n) is 3.26. The molecule has 1 N–H and O–H groups in total. The maximum absolute atomic E-state index is 13.4. The summed E-state index contributed by atoms with van der Waals surface area (Å²) in [6.45, 7) is 1.89. The van der Waals surface area contributed by atoms with Gasteiger partial charge in [0.25, 0.3) is 10.0 Å². The summed E-state index contributed by atoms with van der Waals surface area (Å²) in [4.78, 5) is 12.8. The molecule has 3 rings (SSSR count). The average Bonchev–Trinajstić information content (AvgIpc) is 2.83. The van der Waals surface area contributed by atoms with Gasteiger partial charge < -0.3 is 5.32 Å². The summed E-state index contributed by atoms with van der Waals surface area (Å²) in [5.74, 6) is 1.25. The number of nitrogens with one attached hydrogen (secondary N) is 1. The molecular weight excluding hydrogens is 511 g/mol. The topological polar surface area (TPSA) is 66.5 Å². The van der Waals surface area contributed by atoms with E-state index in [0.29, 0.717) is 22.8 Å². The van der Waals surface area contributed by atoms with E-state index < -0.39 is 10.0 Å². The third-order valence-corrected chi connectivity index (χ3v) is 8.53. The van der Waals surface area contributed by atoms with Gasteiger partial charge in [-0.25, -0.2) is 8.42 Å². The van der Waals surface area contributed by atoms with Crippen molar-refractivity contribution < 1.29 is 13.2 Å². The molecule has 0 unspecified atom stereocenters. The highest BCUT2D eigenvalue weighted by molar-refractivity contribution is 7.98. The van der Waals surface area contributed by atoms with Crippen LogP contribution in [0.4, 0.5) is 5.69 Å². The Balaban J connectivity index is 1.62. The third kappa shape index (κ3) is 7.15. The van der Waals surface area contributed by atoms with Crippen LogP contribution in [-0.2, 0) is 20.6 Å². The molecule has 0 radical (unpaired) electrons. The zero-order valence-corrected chi connectivity index (χ0v) is 21.9. The van der Waals surface area contributed by atoms with Crippen LogP contribution in [-0.4, -0.2) is 33.2 Å². The van der Waals surface area contributed by atoms with Crippen LogP contribution < -0.4 is 9.62 Å². The quantitative estimate of drug-likeness (QED) is 0.308. The van der Waals surface area contributed by atoms with Crippen molar-refractivity contribution in [3.8, 4) is 0 Å². The van der Waals surface area contributed by atoms with Crippen molar-refractivity contribution in [3.05, 3.63) is 94.0 Å². The fourth-order valence-corrected chi connectivity index (χ4v) is 6.17. The highest BCUT2D eigenvalue weighted by atomic mass is 35.5. The van der Waals surface area contributed by atoms with Gasteiger partial charge in [0, 0.05) is 22.3 Å². The van der Waals surface area contributed by atoms with E-state index >= 15 is 0 Å². The number of nitrogens with zero attached hydrogens (tertiary/aromatic N) is 1. The molecule has 0 heterocycles. The molecule has 180 valence electrons. The highest BCUT2D eigenvalue weighted by Gasteiger charge is 2.28. The number of rotatable bonds is 11. The molecular formula is C25H26Cl2N2O3S2. The molecule has 0 saturated carbocycles. The Hall–Kier alpha value is -2.19. The minimum Gasteiger partial charge on any atom is -0.354 e. The van der Waals surface area contributed by atoms with Crippen LogP contribution in [0.15, 0.2) is 77.7 Å². The molecule has 3 aromatic rings. The van der Waals surface area contributed by atoms with E-state index in [4.69, 9.17) is 23.2 Å². The molecule has 5 nitrogen and oxygen atoms in total. The normalized spacial score (nSPS) is 11.3. The van der Waals surface area contributed by atoms with Gasteiger partial charge in [-0.15, -0.1) is 0 Å². The predicted octanol–water partition coefficient (Wildman–Crippen LogP) is 5.94. The number of benzene rings is 3. The van der Waals surface area contributed by atoms with Crippen LogP contribution in [0.5, 0.6) is 0 Å². The molecule has 0 aliphatic rings. The minimum absolute atomic E-state index is 0.109. The lowest BCUT2D eigenvalue weighted by molar-refractivity contribution is -0.119. The van der Waals surface area contributed by atoms with Crippen molar-refractivity contribution in [2.24, 2.45) is 0 Å². The number of thioether (sulfide) groups is 1. The first-order chi connectivity index (χ1) is 16.3. The van der Waals surface area contributed by atoms with E-state index in [1.807, 2.05) is 24.3 Å². The lowest BCUT2D eigenvalue weighted by Crippen LogP contribution is -2.41. The van der Waals surface area contributed by atoms with Gasteiger partial charge in [-0.1, -0.05) is 65.7 Å². The van der Waals surface area contributed by atoms with Crippen molar-refractivity contribution in [3.63, 3.8) is 0 Å². The highest BCUT2D eigenvalue weighted by Crippen LogP contribution is 2.29. The van der Waals surface area contributed by atoms with Gasteiger partial charge in [0.2, 0.25) is 5.91 Å². The van der Waals surface area contributed by atoms with Gasteiger partial charge in [-0.05, 0) is 60.6 Å². The number of anilines is 1. The van der Waals surface area contributed by atoms with Crippen molar-refractivity contribution >= 4 is 56.6 Å². The molecule has 0 bridgehead atoms. The molecule has 34 heavy (non-hydrogen) atoms. The van der Waals surface area contributed by atoms with E-state index in [1.54, 1.807) is 55.1 Å². The summed E-state index contributed by atoms with van der Waals surface area (Å²) in [5, 5.41) is 3.98. The van der Waals surface area contributed by atoms with Crippen LogP contribution in [0.1, 0.15) is 17.5 Å². The number of aryl methyl sites for hydroxylation is 1. The minimum atomic E-state index is -3.97. The maximum atomic E-state index is 13.4. The zero-order chi connectivity index (χ0) is 24.6. The summed E-state index contributed by atoms with van der Waals surface area (Å²) >= 11 is 14.1. The molecule has 0 aliphatic carbocycles. The van der Waals surface area contributed by atoms with Crippen molar-refractivity contribution in [2.45, 2.75) is 24.0 Å². The SMILES string of the molecule is Cc1ccc(Cl)cc1N(CC(=O)NCCCSCc1ccccc1Cl)S(=O)(=O)c1ccccc1. The fraction of sp³-hybridized carbons (Fsp3) is 0.240. The van der Waals surface area contributed by atoms with E-state index in [1.165, 1.54) is 12.1 Å². The van der Waals surface area contributed by atoms with Gasteiger partial charge in [0.15, 0.2) is 0 Å². The second-order valence-electron chi connectivity index (χ2n) is 7.60. The lowest BCUT2D eigenvalue weighted by atomic mass is 10.2. The molecule has 3 aromatic carbocycles. The van der Waals surface area contributed by atoms with Crippen molar-refractivity contribution in [1.82, 2.24) is 5.32 Å². The second-order valence-corrected chi connectivity index (χ2v) is 11.4. The van der Waals surface area contributed by atoms with Gasteiger partial charge >= 0.3 is 0 Å². The third-order valence-electron chi connectivity index (χ3n) is 5.06. The van der Waals surface area contributed by atoms with Gasteiger partial charge in [0.1, 0.15) is 6.54 Å². The summed E-state index contributed by atoms with van der Waals surface area (Å²) in [6.07, 6.45) is 0.752. The molecule has 0 atom stereocenters. The molecule has 9 heteroatoms. The molecule has 0 aromatic heterocycles.